The fraction of sp³-hybridized carbons (Fsp3) is 0.357. The Kier molecular flexibility index (Phi) is 6.90. The van der Waals surface area contributed by atoms with Crippen LogP contribution in [-0.2, 0) is 7.05 Å². The van der Waals surface area contributed by atoms with Crippen LogP contribution in [0.3, 0.4) is 0 Å². The van der Waals surface area contributed by atoms with Gasteiger partial charge in [0.2, 0.25) is 5.95 Å². The van der Waals surface area contributed by atoms with Gasteiger partial charge in [0.15, 0.2) is 0 Å². The highest BCUT2D eigenvalue weighted by atomic mass is 16.6. The zero-order valence-corrected chi connectivity index (χ0v) is 22.4. The molecule has 2 aromatic carbocycles. The van der Waals surface area contributed by atoms with E-state index in [2.05, 4.69) is 39.3 Å². The third-order valence-electron chi connectivity index (χ3n) is 7.03. The number of benzene rings is 2. The van der Waals surface area contributed by atoms with Gasteiger partial charge in [-0.25, -0.2) is 9.97 Å². The first kappa shape index (κ1) is 25.5. The number of nitro groups is 1. The van der Waals surface area contributed by atoms with Gasteiger partial charge in [-0.1, -0.05) is 12.1 Å². The monoisotopic (exact) mass is 515 g/mol. The minimum atomic E-state index is -0.380. The number of nitrogens with one attached hydrogen (secondary N) is 1. The summed E-state index contributed by atoms with van der Waals surface area (Å²) in [6.45, 7) is 1.38. The van der Waals surface area contributed by atoms with Gasteiger partial charge in [0.25, 0.3) is 5.69 Å². The molecule has 0 unspecified atom stereocenters. The number of aromatic nitrogens is 3. The van der Waals surface area contributed by atoms with E-state index in [1.165, 1.54) is 30.0 Å². The number of fused-ring (bicyclic) bond motifs is 1. The number of nitrogens with zero attached hydrogens (tertiary/aromatic N) is 6. The van der Waals surface area contributed by atoms with Crippen LogP contribution in [0, 0.1) is 10.1 Å². The summed E-state index contributed by atoms with van der Waals surface area (Å²) < 4.78 is 7.73. The lowest BCUT2D eigenvalue weighted by molar-refractivity contribution is -0.384. The molecule has 0 bridgehead atoms. The number of anilines is 3. The SMILES string of the molecule is COc1cc(N(C)CCN(C)C)c([N+](=O)[O-])cc1Nc1nccc(-c2cn(C)c3cc(C4CC4)ccc23)n1. The largest absolute Gasteiger partial charge is 0.494 e. The van der Waals surface area contributed by atoms with Crippen LogP contribution < -0.4 is 15.0 Å². The van der Waals surface area contributed by atoms with Crippen LogP contribution in [0.15, 0.2) is 48.8 Å². The first-order valence-electron chi connectivity index (χ1n) is 12.7. The molecule has 0 radical (unpaired) electrons. The maximum absolute atomic E-state index is 12.0. The van der Waals surface area contributed by atoms with E-state index in [9.17, 15) is 10.1 Å². The number of nitro benzene ring substituents is 1. The quantitative estimate of drug-likeness (QED) is 0.228. The molecule has 1 saturated carbocycles. The van der Waals surface area contributed by atoms with Crippen LogP contribution >= 0.6 is 0 Å². The third-order valence-corrected chi connectivity index (χ3v) is 7.03. The normalized spacial score (nSPS) is 13.2. The van der Waals surface area contributed by atoms with Gasteiger partial charge in [0, 0.05) is 68.2 Å². The van der Waals surface area contributed by atoms with E-state index in [-0.39, 0.29) is 10.6 Å². The summed E-state index contributed by atoms with van der Waals surface area (Å²) in [4.78, 5) is 24.6. The molecule has 2 aromatic heterocycles. The van der Waals surface area contributed by atoms with Gasteiger partial charge in [0.05, 0.1) is 23.4 Å². The second-order valence-electron chi connectivity index (χ2n) is 10.1. The Balaban J connectivity index is 1.47. The molecule has 0 spiro atoms. The van der Waals surface area contributed by atoms with Gasteiger partial charge in [-0.05, 0) is 50.6 Å². The summed E-state index contributed by atoms with van der Waals surface area (Å²) in [7, 11) is 9.35. The molecular weight excluding hydrogens is 482 g/mol. The van der Waals surface area contributed by atoms with Gasteiger partial charge in [-0.15, -0.1) is 0 Å². The molecule has 2 heterocycles. The zero-order chi connectivity index (χ0) is 27.0. The Labute approximate surface area is 222 Å². The average molecular weight is 516 g/mol. The fourth-order valence-electron chi connectivity index (χ4n) is 4.71. The molecule has 0 saturated heterocycles. The number of likely N-dealkylation sites (N-methyl/N-ethyl adjacent to an activating group) is 2. The van der Waals surface area contributed by atoms with Crippen LogP contribution in [-0.4, -0.2) is 65.7 Å². The van der Waals surface area contributed by atoms with Crippen LogP contribution in [0.5, 0.6) is 5.75 Å². The molecule has 0 atom stereocenters. The summed E-state index contributed by atoms with van der Waals surface area (Å²) in [6.07, 6.45) is 6.29. The summed E-state index contributed by atoms with van der Waals surface area (Å²) in [5.74, 6) is 1.48. The second kappa shape index (κ2) is 10.3. The molecule has 0 amide bonds. The number of aryl methyl sites for hydroxylation is 1. The van der Waals surface area contributed by atoms with Crippen molar-refractivity contribution in [3.8, 4) is 17.0 Å². The highest BCUT2D eigenvalue weighted by Crippen LogP contribution is 2.42. The van der Waals surface area contributed by atoms with E-state index in [1.807, 2.05) is 44.1 Å². The van der Waals surface area contributed by atoms with Crippen LogP contribution in [0.25, 0.3) is 22.2 Å². The molecule has 198 valence electrons. The van der Waals surface area contributed by atoms with Gasteiger partial charge < -0.3 is 24.4 Å². The van der Waals surface area contributed by atoms with E-state index in [0.717, 1.165) is 23.2 Å². The standard InChI is InChI=1S/C28H33N7O3/c1-32(2)12-13-33(3)25-16-27(38-5)23(15-26(25)35(36)37)31-28-29-11-10-22(30-28)21-17-34(4)24-14-19(18-6-7-18)8-9-20(21)24/h8-11,14-18H,6-7,12-13H2,1-5H3,(H,29,30,31). The Morgan fingerprint density at radius 3 is 2.63 bits per heavy atom. The second-order valence-corrected chi connectivity index (χ2v) is 10.1. The summed E-state index contributed by atoms with van der Waals surface area (Å²) >= 11 is 0. The topological polar surface area (TPSA) is 102 Å². The fourth-order valence-corrected chi connectivity index (χ4v) is 4.71. The van der Waals surface area contributed by atoms with Crippen LogP contribution in [0.2, 0.25) is 0 Å². The zero-order valence-electron chi connectivity index (χ0n) is 22.4. The lowest BCUT2D eigenvalue weighted by atomic mass is 10.1. The van der Waals surface area contributed by atoms with Crippen molar-refractivity contribution in [2.24, 2.45) is 7.05 Å². The summed E-state index contributed by atoms with van der Waals surface area (Å²) in [6, 6.07) is 11.7. The lowest BCUT2D eigenvalue weighted by Crippen LogP contribution is -2.28. The number of methoxy groups -OCH3 is 1. The van der Waals surface area contributed by atoms with E-state index in [0.29, 0.717) is 35.5 Å². The number of hydrogen-bond acceptors (Lipinski definition) is 8. The predicted molar refractivity (Wildman–Crippen MR) is 151 cm³/mol. The van der Waals surface area contributed by atoms with Gasteiger partial charge >= 0.3 is 0 Å². The van der Waals surface area contributed by atoms with Crippen molar-refractivity contribution < 1.29 is 9.66 Å². The minimum Gasteiger partial charge on any atom is -0.494 e. The molecule has 1 N–H and O–H groups in total. The molecule has 1 aliphatic rings. The minimum absolute atomic E-state index is 0.0220. The van der Waals surface area contributed by atoms with Crippen LogP contribution in [0.1, 0.15) is 24.3 Å². The summed E-state index contributed by atoms with van der Waals surface area (Å²) in [5.41, 5.74) is 5.21. The highest BCUT2D eigenvalue weighted by molar-refractivity contribution is 5.95. The maximum atomic E-state index is 12.0. The highest BCUT2D eigenvalue weighted by Gasteiger charge is 2.25. The molecular formula is C28H33N7O3. The number of rotatable bonds is 10. The summed E-state index contributed by atoms with van der Waals surface area (Å²) in [5, 5.41) is 16.2. The van der Waals surface area contributed by atoms with Gasteiger partial charge in [-0.3, -0.25) is 10.1 Å². The first-order valence-corrected chi connectivity index (χ1v) is 12.7. The molecule has 10 nitrogen and oxygen atoms in total. The smallest absolute Gasteiger partial charge is 0.294 e. The van der Waals surface area contributed by atoms with Crippen molar-refractivity contribution >= 4 is 33.9 Å². The first-order chi connectivity index (χ1) is 18.2. The van der Waals surface area contributed by atoms with Crippen molar-refractivity contribution in [2.45, 2.75) is 18.8 Å². The third kappa shape index (κ3) is 5.12. The molecule has 1 fully saturated rings. The van der Waals surface area contributed by atoms with Crippen LogP contribution in [0.4, 0.5) is 23.0 Å². The Bertz CT molecular complexity index is 1490. The molecule has 10 heteroatoms. The Morgan fingerprint density at radius 1 is 1.16 bits per heavy atom. The number of ether oxygens (including phenoxy) is 1. The van der Waals surface area contributed by atoms with Crippen molar-refractivity contribution in [3.63, 3.8) is 0 Å². The van der Waals surface area contributed by atoms with E-state index >= 15 is 0 Å². The Hall–Kier alpha value is -4.18. The van der Waals surface area contributed by atoms with Gasteiger partial charge in [0.1, 0.15) is 11.4 Å². The van der Waals surface area contributed by atoms with E-state index in [1.54, 1.807) is 19.4 Å². The molecule has 1 aliphatic carbocycles. The number of hydrogen-bond donors (Lipinski definition) is 1. The maximum Gasteiger partial charge on any atom is 0.294 e. The predicted octanol–water partition coefficient (Wildman–Crippen LogP) is 5.17. The van der Waals surface area contributed by atoms with Crippen molar-refractivity contribution in [1.29, 1.82) is 0 Å². The van der Waals surface area contributed by atoms with Crippen molar-refractivity contribution in [1.82, 2.24) is 19.4 Å². The average Bonchev–Trinajstić information content (AvgIpc) is 3.70. The van der Waals surface area contributed by atoms with Crippen molar-refractivity contribution in [3.05, 3.63) is 64.5 Å². The van der Waals surface area contributed by atoms with E-state index < -0.39 is 0 Å². The Morgan fingerprint density at radius 2 is 1.95 bits per heavy atom. The van der Waals surface area contributed by atoms with E-state index in [4.69, 9.17) is 9.72 Å². The van der Waals surface area contributed by atoms with Crippen molar-refractivity contribution in [2.75, 3.05) is 51.6 Å². The molecule has 5 rings (SSSR count). The molecule has 4 aromatic rings. The molecule has 0 aliphatic heterocycles. The lowest BCUT2D eigenvalue weighted by Gasteiger charge is -2.22. The van der Waals surface area contributed by atoms with Gasteiger partial charge in [-0.2, -0.15) is 0 Å². The molecule has 38 heavy (non-hydrogen) atoms.